The van der Waals surface area contributed by atoms with E-state index >= 15 is 0 Å². The van der Waals surface area contributed by atoms with Gasteiger partial charge in [-0.15, -0.1) is 0 Å². The van der Waals surface area contributed by atoms with Crippen molar-refractivity contribution >= 4 is 10.8 Å². The summed E-state index contributed by atoms with van der Waals surface area (Å²) < 4.78 is 48.5. The van der Waals surface area contributed by atoms with E-state index in [1.54, 1.807) is 0 Å². The minimum Gasteiger partial charge on any atom is -0.490 e. The Morgan fingerprint density at radius 3 is 1.11 bits per heavy atom. The van der Waals surface area contributed by atoms with Gasteiger partial charge in [-0.05, 0) is 25.0 Å². The van der Waals surface area contributed by atoms with Crippen molar-refractivity contribution in [2.24, 2.45) is 0 Å². The lowest BCUT2D eigenvalue weighted by Crippen LogP contribution is -2.20. The number of aromatic nitrogens is 2. The average Bonchev–Trinajstić information content (AvgIpc) is 3.17. The summed E-state index contributed by atoms with van der Waals surface area (Å²) in [5, 5.41) is 5.09. The summed E-state index contributed by atoms with van der Waals surface area (Å²) >= 11 is 0. The molecule has 2 heterocycles. The third-order valence-corrected chi connectivity index (χ3v) is 9.32. The van der Waals surface area contributed by atoms with Crippen LogP contribution in [-0.2, 0) is 9.47 Å². The molecule has 0 bridgehead atoms. The first kappa shape index (κ1) is 42.8. The van der Waals surface area contributed by atoms with Gasteiger partial charge in [0.1, 0.15) is 26.4 Å². The number of H-pyrrole nitrogens is 2. The quantitative estimate of drug-likeness (QED) is 0.108. The Morgan fingerprint density at radius 1 is 0.444 bits per heavy atom. The number of nitrogens with one attached hydrogen (secondary N) is 2. The topological polar surface area (TPSA) is 140 Å². The van der Waals surface area contributed by atoms with Gasteiger partial charge in [-0.1, -0.05) is 104 Å². The van der Waals surface area contributed by atoms with Gasteiger partial charge in [0, 0.05) is 12.1 Å². The third kappa shape index (κ3) is 15.5. The summed E-state index contributed by atoms with van der Waals surface area (Å²) in [6.45, 7) is 7.74. The normalized spacial score (nSPS) is 14.3. The molecular formula is C42H64N2O10. The Hall–Kier alpha value is -3.90. The van der Waals surface area contributed by atoms with Crippen LogP contribution in [0.2, 0.25) is 0 Å². The zero-order chi connectivity index (χ0) is 38.1. The molecule has 3 aromatic rings. The van der Waals surface area contributed by atoms with E-state index in [0.717, 1.165) is 25.7 Å². The first-order chi connectivity index (χ1) is 26.6. The molecule has 0 atom stereocenters. The van der Waals surface area contributed by atoms with Gasteiger partial charge >= 0.3 is 0 Å². The fourth-order valence-electron chi connectivity index (χ4n) is 6.27. The maximum Gasteiger partial charge on any atom is 0.270 e. The smallest absolute Gasteiger partial charge is 0.270 e. The molecule has 0 amide bonds. The van der Waals surface area contributed by atoms with Crippen molar-refractivity contribution < 1.29 is 37.9 Å². The van der Waals surface area contributed by atoms with Crippen molar-refractivity contribution in [3.8, 4) is 34.5 Å². The van der Waals surface area contributed by atoms with Gasteiger partial charge in [0.25, 0.3) is 11.1 Å². The predicted octanol–water partition coefficient (Wildman–Crippen LogP) is 8.52. The molecule has 0 saturated heterocycles. The molecule has 0 radical (unpaired) electrons. The molecule has 2 aromatic carbocycles. The first-order valence-corrected chi connectivity index (χ1v) is 20.5. The van der Waals surface area contributed by atoms with Crippen molar-refractivity contribution in [3.05, 3.63) is 45.0 Å². The number of aromatic amines is 2. The Balaban J connectivity index is 1.37. The van der Waals surface area contributed by atoms with Crippen LogP contribution >= 0.6 is 0 Å². The highest BCUT2D eigenvalue weighted by Crippen LogP contribution is 2.40. The third-order valence-electron chi connectivity index (χ3n) is 9.32. The van der Waals surface area contributed by atoms with Gasteiger partial charge < -0.3 is 37.9 Å². The molecule has 0 spiro atoms. The highest BCUT2D eigenvalue weighted by Gasteiger charge is 2.17. The Kier molecular flexibility index (Phi) is 20.6. The SMILES string of the molecule is CCCCCCCCCCOc1cc2c(cc1OCCCCCCCCCC)OCCOCCOc1cc3c(=O)[nH][nH]c(=O)c3cc1OCCOCCO2. The van der Waals surface area contributed by atoms with Gasteiger partial charge in [0.05, 0.1) is 50.4 Å². The number of benzene rings is 2. The Bertz CT molecular complexity index is 1470. The van der Waals surface area contributed by atoms with Gasteiger partial charge in [0.15, 0.2) is 34.5 Å². The number of unbranched alkanes of at least 4 members (excludes halogenated alkanes) is 14. The van der Waals surface area contributed by atoms with E-state index in [0.29, 0.717) is 60.9 Å². The van der Waals surface area contributed by atoms with Crippen LogP contribution in [-0.4, -0.2) is 76.3 Å². The minimum absolute atomic E-state index is 0.190. The average molecular weight is 757 g/mol. The Morgan fingerprint density at radius 2 is 0.759 bits per heavy atom. The van der Waals surface area contributed by atoms with Crippen LogP contribution in [0.25, 0.3) is 10.8 Å². The molecule has 4 rings (SSSR count). The summed E-state index contributed by atoms with van der Waals surface area (Å²) in [6, 6.07) is 6.75. The molecule has 1 aliphatic heterocycles. The van der Waals surface area contributed by atoms with Crippen molar-refractivity contribution in [3.63, 3.8) is 0 Å². The van der Waals surface area contributed by atoms with E-state index < -0.39 is 11.1 Å². The van der Waals surface area contributed by atoms with Gasteiger partial charge in [-0.25, -0.2) is 0 Å². The van der Waals surface area contributed by atoms with Crippen molar-refractivity contribution in [1.29, 1.82) is 0 Å². The fraction of sp³-hybridized carbons (Fsp3) is 0.667. The number of hydrogen-bond donors (Lipinski definition) is 2. The molecule has 12 nitrogen and oxygen atoms in total. The number of ether oxygens (including phenoxy) is 8. The van der Waals surface area contributed by atoms with Gasteiger partial charge in [-0.2, -0.15) is 0 Å². The van der Waals surface area contributed by atoms with E-state index in [9.17, 15) is 9.59 Å². The predicted molar refractivity (Wildman–Crippen MR) is 211 cm³/mol. The molecule has 54 heavy (non-hydrogen) atoms. The molecule has 0 unspecified atom stereocenters. The van der Waals surface area contributed by atoms with Crippen LogP contribution in [0.5, 0.6) is 34.5 Å². The van der Waals surface area contributed by atoms with Crippen LogP contribution in [0.15, 0.2) is 33.9 Å². The monoisotopic (exact) mass is 756 g/mol. The van der Waals surface area contributed by atoms with Crippen LogP contribution in [0.4, 0.5) is 0 Å². The molecule has 1 aliphatic rings. The second kappa shape index (κ2) is 26.0. The van der Waals surface area contributed by atoms with Crippen LogP contribution in [0, 0.1) is 0 Å². The second-order valence-corrected chi connectivity index (χ2v) is 13.8. The molecule has 302 valence electrons. The molecule has 0 saturated carbocycles. The molecule has 0 aliphatic carbocycles. The lowest BCUT2D eigenvalue weighted by atomic mass is 10.1. The molecule has 1 aromatic heterocycles. The highest BCUT2D eigenvalue weighted by atomic mass is 16.6. The van der Waals surface area contributed by atoms with E-state index in [4.69, 9.17) is 37.9 Å². The van der Waals surface area contributed by atoms with Crippen LogP contribution < -0.4 is 39.5 Å². The lowest BCUT2D eigenvalue weighted by Gasteiger charge is -2.19. The van der Waals surface area contributed by atoms with Crippen molar-refractivity contribution in [1.82, 2.24) is 10.2 Å². The second-order valence-electron chi connectivity index (χ2n) is 13.8. The molecule has 2 N–H and O–H groups in total. The van der Waals surface area contributed by atoms with E-state index in [2.05, 4.69) is 24.0 Å². The maximum absolute atomic E-state index is 12.4. The number of rotatable bonds is 20. The first-order valence-electron chi connectivity index (χ1n) is 20.5. The van der Waals surface area contributed by atoms with Crippen LogP contribution in [0.3, 0.4) is 0 Å². The summed E-state index contributed by atoms with van der Waals surface area (Å²) in [7, 11) is 0. The van der Waals surface area contributed by atoms with Gasteiger partial charge in [0.2, 0.25) is 0 Å². The summed E-state index contributed by atoms with van der Waals surface area (Å²) in [5.74, 6) is 3.05. The highest BCUT2D eigenvalue weighted by molar-refractivity contribution is 5.84. The maximum atomic E-state index is 12.4. The van der Waals surface area contributed by atoms with E-state index in [-0.39, 0.29) is 50.4 Å². The molecular weight excluding hydrogens is 692 g/mol. The standard InChI is InChI=1S/C42H64N2O10/c1-3-5-7-9-11-13-15-17-19-49-37-31-39-40(32-38(37)50-20-18-16-14-12-10-8-6-4-2)54-28-24-48-22-26-52-36-30-34-33(41(45)43-44-42(34)46)29-35(36)51-25-21-47-23-27-53-39/h29-32H,3-28H2,1-2H3,(H,43,45)(H,44,46). The van der Waals surface area contributed by atoms with E-state index in [1.165, 1.54) is 89.2 Å². The number of fused-ring (bicyclic) bond motifs is 3. The largest absolute Gasteiger partial charge is 0.490 e. The van der Waals surface area contributed by atoms with E-state index in [1.807, 2.05) is 12.1 Å². The summed E-state index contributed by atoms with van der Waals surface area (Å²) in [6.07, 6.45) is 19.6. The van der Waals surface area contributed by atoms with Crippen LogP contribution in [0.1, 0.15) is 117 Å². The Labute approximate surface area is 320 Å². The zero-order valence-corrected chi connectivity index (χ0v) is 32.8. The van der Waals surface area contributed by atoms with Crippen molar-refractivity contribution in [2.75, 3.05) is 66.1 Å². The minimum atomic E-state index is -0.434. The van der Waals surface area contributed by atoms with Crippen molar-refractivity contribution in [2.45, 2.75) is 117 Å². The fourth-order valence-corrected chi connectivity index (χ4v) is 6.27. The molecule has 12 heteroatoms. The number of hydrogen-bond acceptors (Lipinski definition) is 10. The lowest BCUT2D eigenvalue weighted by molar-refractivity contribution is 0.0639. The summed E-state index contributed by atoms with van der Waals surface area (Å²) in [5.41, 5.74) is -0.868. The van der Waals surface area contributed by atoms with Gasteiger partial charge in [-0.3, -0.25) is 19.8 Å². The zero-order valence-electron chi connectivity index (χ0n) is 32.8. The summed E-state index contributed by atoms with van der Waals surface area (Å²) in [4.78, 5) is 24.7. The molecule has 0 fully saturated rings.